The summed E-state index contributed by atoms with van der Waals surface area (Å²) in [6.07, 6.45) is 4.14. The first-order valence-corrected chi connectivity index (χ1v) is 8.55. The first kappa shape index (κ1) is 17.8. The summed E-state index contributed by atoms with van der Waals surface area (Å²) in [5, 5.41) is 0. The van der Waals surface area contributed by atoms with Crippen LogP contribution in [0.5, 0.6) is 0 Å². The molecule has 0 fully saturated rings. The number of nitrogens with zero attached hydrogens (tertiary/aromatic N) is 1. The van der Waals surface area contributed by atoms with Crippen LogP contribution in [0.1, 0.15) is 46.5 Å². The van der Waals surface area contributed by atoms with Gasteiger partial charge < -0.3 is 13.3 Å². The average Bonchev–Trinajstić information content (AvgIpc) is 2.41. The van der Waals surface area contributed by atoms with Crippen LogP contribution in [0.4, 0.5) is 0 Å². The predicted molar refractivity (Wildman–Crippen MR) is 78.3 cm³/mol. The maximum absolute atomic E-state index is 5.58. The largest absolute Gasteiger partial charge is 0.503 e. The maximum Gasteiger partial charge on any atom is 0.503 e. The molecular weight excluding hydrogens is 246 g/mol. The van der Waals surface area contributed by atoms with Crippen LogP contribution in [0.3, 0.4) is 0 Å². The summed E-state index contributed by atoms with van der Waals surface area (Å²) in [7, 11) is 2.53. The Labute approximate surface area is 113 Å². The van der Waals surface area contributed by atoms with Crippen LogP contribution in [0.25, 0.3) is 0 Å². The van der Waals surface area contributed by atoms with Crippen molar-refractivity contribution in [3.05, 3.63) is 0 Å². The van der Waals surface area contributed by atoms with E-state index in [4.69, 9.17) is 13.3 Å². The Kier molecular flexibility index (Phi) is 9.54. The molecule has 0 aromatic rings. The quantitative estimate of drug-likeness (QED) is 0.454. The molecule has 0 bridgehead atoms. The molecule has 1 atom stereocenters. The topological polar surface area (TPSA) is 40.0 Å². The molecule has 0 saturated carbocycles. The molecular formula is C13H29NO3Si. The van der Waals surface area contributed by atoms with Crippen LogP contribution in [-0.4, -0.2) is 42.4 Å². The highest BCUT2D eigenvalue weighted by atomic mass is 28.4. The van der Waals surface area contributed by atoms with Gasteiger partial charge >= 0.3 is 8.80 Å². The Bertz CT molecular complexity index is 234. The number of hydrogen-bond acceptors (Lipinski definition) is 4. The van der Waals surface area contributed by atoms with Gasteiger partial charge in [-0.05, 0) is 26.2 Å². The van der Waals surface area contributed by atoms with Crippen molar-refractivity contribution in [3.63, 3.8) is 0 Å². The van der Waals surface area contributed by atoms with Crippen molar-refractivity contribution in [2.24, 2.45) is 4.99 Å². The minimum Gasteiger partial charge on any atom is -0.377 e. The van der Waals surface area contributed by atoms with Gasteiger partial charge in [-0.25, -0.2) is 0 Å². The molecule has 0 aliphatic rings. The van der Waals surface area contributed by atoms with Gasteiger partial charge in [-0.1, -0.05) is 20.3 Å². The van der Waals surface area contributed by atoms with E-state index in [9.17, 15) is 0 Å². The zero-order chi connectivity index (χ0) is 14.0. The maximum atomic E-state index is 5.58. The van der Waals surface area contributed by atoms with Gasteiger partial charge in [-0.15, -0.1) is 0 Å². The van der Waals surface area contributed by atoms with E-state index in [-0.39, 0.29) is 0 Å². The fraction of sp³-hybridized carbons (Fsp3) is 0.923. The summed E-state index contributed by atoms with van der Waals surface area (Å²) in [5.41, 5.74) is 1.53. The minimum atomic E-state index is -2.52. The molecule has 4 nitrogen and oxygen atoms in total. The fourth-order valence-corrected chi connectivity index (χ4v) is 4.74. The number of aliphatic imine (C=N–C) groups is 1. The lowest BCUT2D eigenvalue weighted by atomic mass is 10.2. The molecule has 0 aromatic carbocycles. The third-order valence-corrected chi connectivity index (χ3v) is 6.65. The SMILES string of the molecule is CCCC(CCN=C(C)CC)[Si](OC)(OC)OC. The summed E-state index contributed by atoms with van der Waals surface area (Å²) in [4.78, 5) is 4.55. The molecule has 0 spiro atoms. The molecule has 0 radical (unpaired) electrons. The Hall–Kier alpha value is -0.233. The zero-order valence-corrected chi connectivity index (χ0v) is 13.8. The van der Waals surface area contributed by atoms with Crippen LogP contribution in [0.15, 0.2) is 4.99 Å². The van der Waals surface area contributed by atoms with Crippen LogP contribution < -0.4 is 0 Å². The molecule has 0 aliphatic heterocycles. The first-order chi connectivity index (χ1) is 8.60. The Balaban J connectivity index is 4.62. The second kappa shape index (κ2) is 9.66. The number of hydrogen-bond donors (Lipinski definition) is 0. The summed E-state index contributed by atoms with van der Waals surface area (Å²) in [6.45, 7) is 7.20. The normalized spacial score (nSPS) is 14.9. The fourth-order valence-electron chi connectivity index (χ4n) is 2.12. The standard InChI is InChI=1S/C13H29NO3Si/c1-7-9-13(10-11-14-12(3)8-2)18(15-4,16-5)17-6/h13H,7-11H2,1-6H3. The highest BCUT2D eigenvalue weighted by Crippen LogP contribution is 2.32. The van der Waals surface area contributed by atoms with E-state index in [1.165, 1.54) is 5.71 Å². The molecule has 108 valence electrons. The van der Waals surface area contributed by atoms with E-state index < -0.39 is 8.80 Å². The van der Waals surface area contributed by atoms with Gasteiger partial charge in [-0.3, -0.25) is 4.99 Å². The predicted octanol–water partition coefficient (Wildman–Crippen LogP) is 3.30. The van der Waals surface area contributed by atoms with E-state index in [2.05, 4.69) is 25.8 Å². The van der Waals surface area contributed by atoms with Gasteiger partial charge in [0, 0.05) is 39.1 Å². The van der Waals surface area contributed by atoms with E-state index in [0.717, 1.165) is 32.2 Å². The minimum absolute atomic E-state index is 0.330. The Morgan fingerprint density at radius 1 is 1.06 bits per heavy atom. The van der Waals surface area contributed by atoms with E-state index in [1.54, 1.807) is 21.3 Å². The smallest absolute Gasteiger partial charge is 0.377 e. The third kappa shape index (κ3) is 5.18. The molecule has 0 heterocycles. The summed E-state index contributed by atoms with van der Waals surface area (Å²) in [5.74, 6) is 0. The van der Waals surface area contributed by atoms with Gasteiger partial charge in [0.1, 0.15) is 0 Å². The summed E-state index contributed by atoms with van der Waals surface area (Å²) < 4.78 is 16.7. The van der Waals surface area contributed by atoms with Crippen molar-refractivity contribution in [2.45, 2.75) is 52.0 Å². The van der Waals surface area contributed by atoms with Gasteiger partial charge in [0.05, 0.1) is 0 Å². The van der Waals surface area contributed by atoms with Crippen LogP contribution in [-0.2, 0) is 13.3 Å². The van der Waals surface area contributed by atoms with Crippen molar-refractivity contribution in [2.75, 3.05) is 27.9 Å². The average molecular weight is 275 g/mol. The molecule has 0 rings (SSSR count). The van der Waals surface area contributed by atoms with E-state index >= 15 is 0 Å². The molecule has 0 saturated heterocycles. The van der Waals surface area contributed by atoms with Crippen molar-refractivity contribution in [1.29, 1.82) is 0 Å². The molecule has 0 amide bonds. The van der Waals surface area contributed by atoms with Gasteiger partial charge in [0.15, 0.2) is 0 Å². The van der Waals surface area contributed by atoms with Crippen molar-refractivity contribution < 1.29 is 13.3 Å². The molecule has 0 aromatic heterocycles. The molecule has 18 heavy (non-hydrogen) atoms. The van der Waals surface area contributed by atoms with E-state index in [0.29, 0.717) is 5.54 Å². The highest BCUT2D eigenvalue weighted by molar-refractivity contribution is 6.62. The van der Waals surface area contributed by atoms with Crippen LogP contribution in [0, 0.1) is 0 Å². The number of rotatable bonds is 10. The molecule has 0 aliphatic carbocycles. The van der Waals surface area contributed by atoms with E-state index in [1.807, 2.05) is 0 Å². The second-order valence-corrected chi connectivity index (χ2v) is 7.71. The first-order valence-electron chi connectivity index (χ1n) is 6.75. The monoisotopic (exact) mass is 275 g/mol. The second-order valence-electron chi connectivity index (χ2n) is 4.46. The summed E-state index contributed by atoms with van der Waals surface area (Å²) in [6, 6.07) is 0. The lowest BCUT2D eigenvalue weighted by Gasteiger charge is -2.32. The van der Waals surface area contributed by atoms with Gasteiger partial charge in [0.25, 0.3) is 0 Å². The molecule has 5 heteroatoms. The van der Waals surface area contributed by atoms with Crippen molar-refractivity contribution >= 4 is 14.5 Å². The Morgan fingerprint density at radius 3 is 2.00 bits per heavy atom. The summed E-state index contributed by atoms with van der Waals surface area (Å²) >= 11 is 0. The van der Waals surface area contributed by atoms with Crippen molar-refractivity contribution in [1.82, 2.24) is 0 Å². The lowest BCUT2D eigenvalue weighted by molar-refractivity contribution is 0.108. The lowest BCUT2D eigenvalue weighted by Crippen LogP contribution is -2.48. The molecule has 0 N–H and O–H groups in total. The third-order valence-electron chi connectivity index (χ3n) is 3.36. The van der Waals surface area contributed by atoms with Crippen LogP contribution >= 0.6 is 0 Å². The Morgan fingerprint density at radius 2 is 1.61 bits per heavy atom. The zero-order valence-electron chi connectivity index (χ0n) is 12.8. The van der Waals surface area contributed by atoms with Crippen molar-refractivity contribution in [3.8, 4) is 0 Å². The van der Waals surface area contributed by atoms with Crippen LogP contribution in [0.2, 0.25) is 5.54 Å². The van der Waals surface area contributed by atoms with Gasteiger partial charge in [-0.2, -0.15) is 0 Å². The van der Waals surface area contributed by atoms with Gasteiger partial charge in [0.2, 0.25) is 0 Å². The molecule has 1 unspecified atom stereocenters. The highest BCUT2D eigenvalue weighted by Gasteiger charge is 2.46.